The molecule has 1 aliphatic heterocycles. The van der Waals surface area contributed by atoms with Gasteiger partial charge in [0.2, 0.25) is 10.0 Å². The van der Waals surface area contributed by atoms with Crippen LogP contribution in [-0.2, 0) is 10.0 Å². The number of nitrogens with one attached hydrogen (secondary N) is 1. The molecule has 0 radical (unpaired) electrons. The van der Waals surface area contributed by atoms with Crippen molar-refractivity contribution in [2.45, 2.75) is 31.6 Å². The van der Waals surface area contributed by atoms with Crippen LogP contribution in [0.3, 0.4) is 0 Å². The first kappa shape index (κ1) is 19.6. The molecule has 0 amide bonds. The van der Waals surface area contributed by atoms with E-state index in [0.29, 0.717) is 24.6 Å². The summed E-state index contributed by atoms with van der Waals surface area (Å²) in [6.45, 7) is 5.24. The Kier molecular flexibility index (Phi) is 5.97. The molecular formula is C21H26N2O3S. The second kappa shape index (κ2) is 8.23. The van der Waals surface area contributed by atoms with Crippen LogP contribution in [-0.4, -0.2) is 38.1 Å². The molecule has 3 rings (SSSR count). The molecule has 2 aromatic rings. The van der Waals surface area contributed by atoms with Gasteiger partial charge in [-0.15, -0.1) is 0 Å². The van der Waals surface area contributed by atoms with Gasteiger partial charge in [-0.25, -0.2) is 8.42 Å². The summed E-state index contributed by atoms with van der Waals surface area (Å²) >= 11 is 0. The predicted octanol–water partition coefficient (Wildman–Crippen LogP) is 3.71. The lowest BCUT2D eigenvalue weighted by atomic mass is 10.0. The molecule has 2 aromatic carbocycles. The average molecular weight is 387 g/mol. The molecule has 1 saturated heterocycles. The Morgan fingerprint density at radius 2 is 1.96 bits per heavy atom. The van der Waals surface area contributed by atoms with E-state index in [0.717, 1.165) is 24.1 Å². The SMILES string of the molecule is Cc1ccccc1NCC(=O)c1cccc(S(=O)(=O)N2CCCC(C)C2)c1. The molecule has 1 fully saturated rings. The largest absolute Gasteiger partial charge is 0.377 e. The quantitative estimate of drug-likeness (QED) is 0.769. The molecule has 27 heavy (non-hydrogen) atoms. The highest BCUT2D eigenvalue weighted by molar-refractivity contribution is 7.89. The molecule has 6 heteroatoms. The number of benzene rings is 2. The summed E-state index contributed by atoms with van der Waals surface area (Å²) in [5.41, 5.74) is 2.36. The summed E-state index contributed by atoms with van der Waals surface area (Å²) in [6, 6.07) is 14.1. The monoisotopic (exact) mass is 386 g/mol. The van der Waals surface area contributed by atoms with E-state index in [9.17, 15) is 13.2 Å². The molecule has 0 aromatic heterocycles. The number of ketones is 1. The Morgan fingerprint density at radius 1 is 1.19 bits per heavy atom. The highest BCUT2D eigenvalue weighted by atomic mass is 32.2. The number of rotatable bonds is 6. The fourth-order valence-electron chi connectivity index (χ4n) is 3.39. The lowest BCUT2D eigenvalue weighted by molar-refractivity contribution is 0.101. The Balaban J connectivity index is 1.74. The first-order valence-corrected chi connectivity index (χ1v) is 10.7. The van der Waals surface area contributed by atoms with Crippen molar-refractivity contribution in [2.24, 2.45) is 5.92 Å². The zero-order valence-electron chi connectivity index (χ0n) is 15.8. The van der Waals surface area contributed by atoms with Crippen molar-refractivity contribution >= 4 is 21.5 Å². The summed E-state index contributed by atoms with van der Waals surface area (Å²) < 4.78 is 27.4. The molecule has 144 valence electrons. The van der Waals surface area contributed by atoms with Gasteiger partial charge in [0.1, 0.15) is 0 Å². The van der Waals surface area contributed by atoms with Crippen LogP contribution in [0.5, 0.6) is 0 Å². The minimum absolute atomic E-state index is 0.120. The number of aryl methyl sites for hydroxylation is 1. The van der Waals surface area contributed by atoms with Crippen LogP contribution in [0, 0.1) is 12.8 Å². The Labute approximate surface area is 161 Å². The molecule has 0 bridgehead atoms. The van der Waals surface area contributed by atoms with Crippen LogP contribution in [0.15, 0.2) is 53.4 Å². The van der Waals surface area contributed by atoms with E-state index in [-0.39, 0.29) is 17.2 Å². The number of sulfonamides is 1. The van der Waals surface area contributed by atoms with E-state index < -0.39 is 10.0 Å². The van der Waals surface area contributed by atoms with Gasteiger partial charge in [-0.05, 0) is 49.4 Å². The van der Waals surface area contributed by atoms with Crippen molar-refractivity contribution in [1.82, 2.24) is 4.31 Å². The van der Waals surface area contributed by atoms with Crippen LogP contribution >= 0.6 is 0 Å². The Bertz CT molecular complexity index is 925. The number of anilines is 1. The molecule has 1 heterocycles. The first-order chi connectivity index (χ1) is 12.9. The lowest BCUT2D eigenvalue weighted by Gasteiger charge is -2.30. The summed E-state index contributed by atoms with van der Waals surface area (Å²) in [7, 11) is -3.56. The van der Waals surface area contributed by atoms with Gasteiger partial charge in [0.15, 0.2) is 5.78 Å². The smallest absolute Gasteiger partial charge is 0.243 e. The molecule has 1 N–H and O–H groups in total. The van der Waals surface area contributed by atoms with E-state index in [2.05, 4.69) is 12.2 Å². The summed E-state index contributed by atoms with van der Waals surface area (Å²) in [5, 5.41) is 3.13. The van der Waals surface area contributed by atoms with Crippen LogP contribution < -0.4 is 5.32 Å². The number of piperidine rings is 1. The van der Waals surface area contributed by atoms with E-state index in [4.69, 9.17) is 0 Å². The number of hydrogen-bond donors (Lipinski definition) is 1. The number of Topliss-reactive ketones (excluding diaryl/α,β-unsaturated/α-hetero) is 1. The minimum atomic E-state index is -3.56. The Hall–Kier alpha value is -2.18. The zero-order chi connectivity index (χ0) is 19.4. The molecule has 0 spiro atoms. The van der Waals surface area contributed by atoms with Gasteiger partial charge in [-0.1, -0.05) is 37.3 Å². The van der Waals surface area contributed by atoms with Crippen molar-refractivity contribution in [3.63, 3.8) is 0 Å². The third kappa shape index (κ3) is 4.57. The van der Waals surface area contributed by atoms with Crippen molar-refractivity contribution in [1.29, 1.82) is 0 Å². The number of hydrogen-bond acceptors (Lipinski definition) is 4. The van der Waals surface area contributed by atoms with Gasteiger partial charge < -0.3 is 5.32 Å². The Morgan fingerprint density at radius 3 is 2.70 bits per heavy atom. The van der Waals surface area contributed by atoms with Gasteiger partial charge in [0.25, 0.3) is 0 Å². The molecule has 0 saturated carbocycles. The topological polar surface area (TPSA) is 66.5 Å². The van der Waals surface area contributed by atoms with Crippen molar-refractivity contribution in [3.8, 4) is 0 Å². The standard InChI is InChI=1S/C21H26N2O3S/c1-16-7-6-12-23(15-16)27(25,26)19-10-5-9-18(13-19)21(24)14-22-20-11-4-3-8-17(20)2/h3-5,8-11,13,16,22H,6-7,12,14-15H2,1-2H3. The summed E-state index contributed by atoms with van der Waals surface area (Å²) in [5.74, 6) is 0.221. The second-order valence-corrected chi connectivity index (χ2v) is 9.17. The van der Waals surface area contributed by atoms with E-state index in [1.165, 1.54) is 10.4 Å². The number of para-hydroxylation sites is 1. The predicted molar refractivity (Wildman–Crippen MR) is 108 cm³/mol. The van der Waals surface area contributed by atoms with Gasteiger partial charge in [-0.2, -0.15) is 4.31 Å². The minimum Gasteiger partial charge on any atom is -0.377 e. The van der Waals surface area contributed by atoms with Gasteiger partial charge in [0, 0.05) is 24.3 Å². The molecule has 5 nitrogen and oxygen atoms in total. The third-order valence-electron chi connectivity index (χ3n) is 5.00. The van der Waals surface area contributed by atoms with Crippen molar-refractivity contribution in [3.05, 3.63) is 59.7 Å². The number of carbonyl (C=O) groups excluding carboxylic acids is 1. The maximum absolute atomic E-state index is 12.9. The maximum Gasteiger partial charge on any atom is 0.243 e. The molecule has 1 aliphatic rings. The highest BCUT2D eigenvalue weighted by Gasteiger charge is 2.29. The maximum atomic E-state index is 12.9. The van der Waals surface area contributed by atoms with Crippen LogP contribution in [0.4, 0.5) is 5.69 Å². The van der Waals surface area contributed by atoms with Gasteiger partial charge in [-0.3, -0.25) is 4.79 Å². The van der Waals surface area contributed by atoms with Gasteiger partial charge in [0.05, 0.1) is 11.4 Å². The average Bonchev–Trinajstić information content (AvgIpc) is 2.67. The summed E-state index contributed by atoms with van der Waals surface area (Å²) in [6.07, 6.45) is 1.93. The van der Waals surface area contributed by atoms with Gasteiger partial charge >= 0.3 is 0 Å². The van der Waals surface area contributed by atoms with E-state index >= 15 is 0 Å². The van der Waals surface area contributed by atoms with E-state index in [1.807, 2.05) is 31.2 Å². The zero-order valence-corrected chi connectivity index (χ0v) is 16.6. The van der Waals surface area contributed by atoms with E-state index in [1.54, 1.807) is 18.2 Å². The normalized spacial score (nSPS) is 18.2. The second-order valence-electron chi connectivity index (χ2n) is 7.23. The van der Waals surface area contributed by atoms with Crippen LogP contribution in [0.2, 0.25) is 0 Å². The molecule has 1 unspecified atom stereocenters. The molecular weight excluding hydrogens is 360 g/mol. The third-order valence-corrected chi connectivity index (χ3v) is 6.86. The van der Waals surface area contributed by atoms with Crippen molar-refractivity contribution < 1.29 is 13.2 Å². The lowest BCUT2D eigenvalue weighted by Crippen LogP contribution is -2.39. The van der Waals surface area contributed by atoms with Crippen LogP contribution in [0.25, 0.3) is 0 Å². The fraction of sp³-hybridized carbons (Fsp3) is 0.381. The number of nitrogens with zero attached hydrogens (tertiary/aromatic N) is 1. The fourth-order valence-corrected chi connectivity index (χ4v) is 5.04. The number of carbonyl (C=O) groups is 1. The molecule has 0 aliphatic carbocycles. The first-order valence-electron chi connectivity index (χ1n) is 9.31. The molecule has 1 atom stereocenters. The van der Waals surface area contributed by atoms with Crippen LogP contribution in [0.1, 0.15) is 35.7 Å². The van der Waals surface area contributed by atoms with Crippen molar-refractivity contribution in [2.75, 3.05) is 25.0 Å². The summed E-state index contributed by atoms with van der Waals surface area (Å²) in [4.78, 5) is 12.8. The highest BCUT2D eigenvalue weighted by Crippen LogP contribution is 2.24.